The van der Waals surface area contributed by atoms with E-state index < -0.39 is 10.1 Å². The minimum absolute atomic E-state index is 0.262. The zero-order valence-electron chi connectivity index (χ0n) is 13.3. The van der Waals surface area contributed by atoms with E-state index in [0.717, 1.165) is 38.6 Å². The minimum atomic E-state index is -3.30. The first-order valence-corrected chi connectivity index (χ1v) is 9.79. The smallest absolute Gasteiger partial charge is 0.264 e. The molecule has 6 nitrogen and oxygen atoms in total. The van der Waals surface area contributed by atoms with Crippen molar-refractivity contribution < 1.29 is 12.6 Å². The molecule has 0 unspecified atom stereocenters. The third-order valence-corrected chi connectivity index (χ3v) is 5.04. The largest absolute Gasteiger partial charge is 0.301 e. The zero-order chi connectivity index (χ0) is 15.3. The average molecular weight is 319 g/mol. The number of likely N-dealkylation sites (tertiary alicyclic amines) is 1. The fraction of sp³-hybridized carbons (Fsp3) is 1.00. The van der Waals surface area contributed by atoms with Crippen LogP contribution in [0.3, 0.4) is 0 Å². The standard InChI is InChI=1S/C14H29N3O3S/c1-14-5-3-7-17(14)8-4-6-15-9-10-16(13-15)11-12-20-21(2,18)19/h14H,3-13H2,1-2H3/t14-/m1/s1. The van der Waals surface area contributed by atoms with Gasteiger partial charge >= 0.3 is 0 Å². The zero-order valence-corrected chi connectivity index (χ0v) is 14.1. The molecule has 0 radical (unpaired) electrons. The van der Waals surface area contributed by atoms with Crippen LogP contribution in [0.4, 0.5) is 0 Å². The number of nitrogens with zero attached hydrogens (tertiary/aromatic N) is 3. The van der Waals surface area contributed by atoms with E-state index in [2.05, 4.69) is 21.6 Å². The summed E-state index contributed by atoms with van der Waals surface area (Å²) in [7, 11) is -3.30. The Hall–Kier alpha value is -0.210. The molecule has 2 heterocycles. The van der Waals surface area contributed by atoms with E-state index in [1.165, 1.54) is 32.4 Å². The van der Waals surface area contributed by atoms with Crippen LogP contribution in [-0.4, -0.2) is 88.0 Å². The molecule has 124 valence electrons. The maximum atomic E-state index is 10.9. The Kier molecular flexibility index (Phi) is 6.43. The van der Waals surface area contributed by atoms with Gasteiger partial charge in [0.2, 0.25) is 0 Å². The Balaban J connectivity index is 1.55. The minimum Gasteiger partial charge on any atom is -0.301 e. The van der Waals surface area contributed by atoms with Crippen LogP contribution in [0.1, 0.15) is 26.2 Å². The van der Waals surface area contributed by atoms with Gasteiger partial charge in [0, 0.05) is 32.2 Å². The lowest BCUT2D eigenvalue weighted by molar-refractivity contribution is 0.196. The monoisotopic (exact) mass is 319 g/mol. The molecule has 0 aliphatic carbocycles. The summed E-state index contributed by atoms with van der Waals surface area (Å²) in [6.45, 7) is 9.89. The van der Waals surface area contributed by atoms with Gasteiger partial charge in [0.15, 0.2) is 0 Å². The number of hydrogen-bond donors (Lipinski definition) is 0. The van der Waals surface area contributed by atoms with Gasteiger partial charge in [-0.2, -0.15) is 8.42 Å². The highest BCUT2D eigenvalue weighted by atomic mass is 32.2. The van der Waals surface area contributed by atoms with E-state index in [1.807, 2.05) is 0 Å². The molecule has 0 saturated carbocycles. The molecule has 2 saturated heterocycles. The molecule has 0 aromatic carbocycles. The van der Waals surface area contributed by atoms with Gasteiger partial charge in [-0.15, -0.1) is 0 Å². The topological polar surface area (TPSA) is 53.1 Å². The first-order chi connectivity index (χ1) is 9.94. The SMILES string of the molecule is C[C@@H]1CCCN1CCCN1CCN(CCOS(C)(=O)=O)C1. The summed E-state index contributed by atoms with van der Waals surface area (Å²) < 4.78 is 26.6. The van der Waals surface area contributed by atoms with Gasteiger partial charge in [-0.05, 0) is 39.3 Å². The lowest BCUT2D eigenvalue weighted by Crippen LogP contribution is -2.32. The average Bonchev–Trinajstić information content (AvgIpc) is 2.98. The molecule has 2 rings (SSSR count). The normalized spacial score (nSPS) is 25.9. The van der Waals surface area contributed by atoms with Crippen LogP contribution in [0.2, 0.25) is 0 Å². The molecule has 0 N–H and O–H groups in total. The van der Waals surface area contributed by atoms with Crippen molar-refractivity contribution >= 4 is 10.1 Å². The van der Waals surface area contributed by atoms with Gasteiger partial charge in [0.05, 0.1) is 19.5 Å². The van der Waals surface area contributed by atoms with Crippen LogP contribution < -0.4 is 0 Å². The van der Waals surface area contributed by atoms with E-state index in [0.29, 0.717) is 6.54 Å². The first kappa shape index (κ1) is 17.1. The van der Waals surface area contributed by atoms with Gasteiger partial charge in [-0.3, -0.25) is 14.0 Å². The van der Waals surface area contributed by atoms with Crippen molar-refractivity contribution in [2.24, 2.45) is 0 Å². The maximum absolute atomic E-state index is 10.9. The molecule has 21 heavy (non-hydrogen) atoms. The van der Waals surface area contributed by atoms with Crippen molar-refractivity contribution in [1.82, 2.24) is 14.7 Å². The highest BCUT2D eigenvalue weighted by Crippen LogP contribution is 2.16. The van der Waals surface area contributed by atoms with E-state index in [1.54, 1.807) is 0 Å². The molecule has 0 spiro atoms. The quantitative estimate of drug-likeness (QED) is 0.604. The predicted molar refractivity (Wildman–Crippen MR) is 83.7 cm³/mol. The molecule has 2 aliphatic rings. The first-order valence-electron chi connectivity index (χ1n) is 7.97. The molecule has 0 aromatic rings. The fourth-order valence-electron chi connectivity index (χ4n) is 3.21. The molecule has 2 aliphatic heterocycles. The molecule has 1 atom stereocenters. The van der Waals surface area contributed by atoms with Crippen molar-refractivity contribution in [3.05, 3.63) is 0 Å². The summed E-state index contributed by atoms with van der Waals surface area (Å²) >= 11 is 0. The van der Waals surface area contributed by atoms with Crippen LogP contribution in [-0.2, 0) is 14.3 Å². The summed E-state index contributed by atoms with van der Waals surface area (Å²) in [5.74, 6) is 0. The summed E-state index contributed by atoms with van der Waals surface area (Å²) in [4.78, 5) is 7.29. The van der Waals surface area contributed by atoms with Crippen LogP contribution in [0.5, 0.6) is 0 Å². The second-order valence-corrected chi connectivity index (χ2v) is 7.93. The molecule has 7 heteroatoms. The maximum Gasteiger partial charge on any atom is 0.264 e. The fourth-order valence-corrected chi connectivity index (χ4v) is 3.59. The van der Waals surface area contributed by atoms with Crippen molar-refractivity contribution in [2.75, 3.05) is 58.8 Å². The summed E-state index contributed by atoms with van der Waals surface area (Å²) in [6, 6.07) is 0.758. The van der Waals surface area contributed by atoms with Crippen molar-refractivity contribution in [2.45, 2.75) is 32.2 Å². The van der Waals surface area contributed by atoms with Gasteiger partial charge in [-0.25, -0.2) is 0 Å². The third-order valence-electron chi connectivity index (χ3n) is 4.45. The molecular weight excluding hydrogens is 290 g/mol. The summed E-state index contributed by atoms with van der Waals surface area (Å²) in [5, 5.41) is 0. The van der Waals surface area contributed by atoms with Crippen molar-refractivity contribution in [3.8, 4) is 0 Å². The van der Waals surface area contributed by atoms with Crippen LogP contribution in [0, 0.1) is 0 Å². The Morgan fingerprint density at radius 1 is 1.10 bits per heavy atom. The Morgan fingerprint density at radius 3 is 2.43 bits per heavy atom. The van der Waals surface area contributed by atoms with E-state index in [4.69, 9.17) is 4.18 Å². The van der Waals surface area contributed by atoms with E-state index in [-0.39, 0.29) is 6.61 Å². The van der Waals surface area contributed by atoms with Crippen molar-refractivity contribution in [3.63, 3.8) is 0 Å². The second kappa shape index (κ2) is 7.87. The highest BCUT2D eigenvalue weighted by Gasteiger charge is 2.22. The lowest BCUT2D eigenvalue weighted by atomic mass is 10.2. The van der Waals surface area contributed by atoms with E-state index >= 15 is 0 Å². The second-order valence-electron chi connectivity index (χ2n) is 6.28. The number of rotatable bonds is 8. The Morgan fingerprint density at radius 2 is 1.81 bits per heavy atom. The van der Waals surface area contributed by atoms with Crippen LogP contribution in [0.15, 0.2) is 0 Å². The molecule has 0 amide bonds. The molecule has 2 fully saturated rings. The van der Waals surface area contributed by atoms with Gasteiger partial charge in [-0.1, -0.05) is 0 Å². The predicted octanol–water partition coefficient (Wildman–Crippen LogP) is 0.412. The van der Waals surface area contributed by atoms with Crippen LogP contribution in [0.25, 0.3) is 0 Å². The van der Waals surface area contributed by atoms with Gasteiger partial charge < -0.3 is 4.90 Å². The lowest BCUT2D eigenvalue weighted by Gasteiger charge is -2.23. The number of hydrogen-bond acceptors (Lipinski definition) is 6. The van der Waals surface area contributed by atoms with Crippen molar-refractivity contribution in [1.29, 1.82) is 0 Å². The van der Waals surface area contributed by atoms with E-state index in [9.17, 15) is 8.42 Å². The van der Waals surface area contributed by atoms with Gasteiger partial charge in [0.25, 0.3) is 10.1 Å². The Bertz CT molecular complexity index is 416. The highest BCUT2D eigenvalue weighted by molar-refractivity contribution is 7.85. The molecule has 0 aromatic heterocycles. The van der Waals surface area contributed by atoms with Crippen LogP contribution >= 0.6 is 0 Å². The van der Waals surface area contributed by atoms with Gasteiger partial charge in [0.1, 0.15) is 0 Å². The Labute approximate surface area is 129 Å². The third kappa shape index (κ3) is 6.20. The molecular formula is C14H29N3O3S. The summed E-state index contributed by atoms with van der Waals surface area (Å²) in [6.07, 6.45) is 5.01. The summed E-state index contributed by atoms with van der Waals surface area (Å²) in [5.41, 5.74) is 0. The molecule has 0 bridgehead atoms.